The van der Waals surface area contributed by atoms with E-state index >= 15 is 0 Å². The Hall–Kier alpha value is -4.14. The van der Waals surface area contributed by atoms with Crippen LogP contribution in [0.5, 0.6) is 0 Å². The van der Waals surface area contributed by atoms with Gasteiger partial charge in [-0.3, -0.25) is 9.78 Å². The van der Waals surface area contributed by atoms with Crippen molar-refractivity contribution >= 4 is 28.3 Å². The van der Waals surface area contributed by atoms with Crippen LogP contribution in [0.4, 0.5) is 24.7 Å². The zero-order chi connectivity index (χ0) is 25.1. The molecule has 1 amide bonds. The Morgan fingerprint density at radius 2 is 1.61 bits per heavy atom. The van der Waals surface area contributed by atoms with Gasteiger partial charge in [-0.15, -0.1) is 0 Å². The molecule has 0 radical (unpaired) electrons. The lowest BCUT2D eigenvalue weighted by atomic mass is 10.1. The molecule has 184 valence electrons. The molecule has 4 aromatic rings. The second kappa shape index (κ2) is 9.85. The Morgan fingerprint density at radius 1 is 0.889 bits per heavy atom. The zero-order valence-corrected chi connectivity index (χ0v) is 19.4. The normalized spacial score (nSPS) is 14.2. The number of carbonyl (C=O) groups is 1. The van der Waals surface area contributed by atoms with E-state index in [0.717, 1.165) is 17.0 Å². The summed E-state index contributed by atoms with van der Waals surface area (Å²) in [7, 11) is 0. The topological polar surface area (TPSA) is 61.4 Å². The third-order valence-corrected chi connectivity index (χ3v) is 6.29. The molecule has 1 aliphatic heterocycles. The summed E-state index contributed by atoms with van der Waals surface area (Å²) in [6, 6.07) is 18.4. The van der Waals surface area contributed by atoms with E-state index in [9.17, 15) is 18.0 Å². The molecule has 0 bridgehead atoms. The van der Waals surface area contributed by atoms with Gasteiger partial charge in [-0.1, -0.05) is 24.3 Å². The maximum atomic E-state index is 13.1. The third kappa shape index (κ3) is 5.10. The molecule has 0 unspecified atom stereocenters. The first kappa shape index (κ1) is 23.6. The molecule has 1 fully saturated rings. The number of rotatable bonds is 5. The summed E-state index contributed by atoms with van der Waals surface area (Å²) in [5.74, 6) is 0.473. The first-order valence-corrected chi connectivity index (χ1v) is 11.6. The van der Waals surface area contributed by atoms with E-state index in [-0.39, 0.29) is 5.91 Å². The molecule has 0 saturated carbocycles. The van der Waals surface area contributed by atoms with Crippen LogP contribution in [0.3, 0.4) is 0 Å². The second-order valence-corrected chi connectivity index (χ2v) is 8.61. The van der Waals surface area contributed by atoms with Crippen LogP contribution >= 0.6 is 0 Å². The van der Waals surface area contributed by atoms with Crippen molar-refractivity contribution in [2.45, 2.75) is 12.7 Å². The fourth-order valence-electron chi connectivity index (χ4n) is 4.36. The number of pyridine rings is 2. The van der Waals surface area contributed by atoms with Crippen molar-refractivity contribution in [3.63, 3.8) is 0 Å². The Kier molecular flexibility index (Phi) is 6.45. The molecule has 2 aromatic heterocycles. The highest BCUT2D eigenvalue weighted by Gasteiger charge is 2.31. The van der Waals surface area contributed by atoms with Crippen LogP contribution < -0.4 is 15.1 Å². The van der Waals surface area contributed by atoms with E-state index in [1.54, 1.807) is 24.5 Å². The maximum Gasteiger partial charge on any atom is 0.416 e. The quantitative estimate of drug-likeness (QED) is 0.430. The van der Waals surface area contributed by atoms with Gasteiger partial charge in [0, 0.05) is 56.2 Å². The van der Waals surface area contributed by atoms with Crippen LogP contribution in [0.15, 0.2) is 79.1 Å². The predicted octanol–water partition coefficient (Wildman–Crippen LogP) is 4.91. The van der Waals surface area contributed by atoms with Crippen LogP contribution in [-0.2, 0) is 12.7 Å². The number of alkyl halides is 3. The first-order valence-electron chi connectivity index (χ1n) is 11.6. The summed E-state index contributed by atoms with van der Waals surface area (Å²) in [6.45, 7) is 2.60. The van der Waals surface area contributed by atoms with E-state index in [1.807, 2.05) is 41.3 Å². The van der Waals surface area contributed by atoms with Gasteiger partial charge in [0.2, 0.25) is 0 Å². The van der Waals surface area contributed by atoms with Crippen LogP contribution in [0.25, 0.3) is 10.9 Å². The van der Waals surface area contributed by atoms with Gasteiger partial charge < -0.3 is 15.1 Å². The Morgan fingerprint density at radius 3 is 2.36 bits per heavy atom. The molecule has 3 heterocycles. The minimum atomic E-state index is -4.37. The van der Waals surface area contributed by atoms with Crippen molar-refractivity contribution in [3.8, 4) is 0 Å². The van der Waals surface area contributed by atoms with Crippen molar-refractivity contribution in [2.75, 3.05) is 36.0 Å². The summed E-state index contributed by atoms with van der Waals surface area (Å²) < 4.78 is 39.4. The number of carbonyl (C=O) groups excluding carboxylic acids is 1. The molecule has 6 nitrogen and oxygen atoms in total. The Balaban J connectivity index is 1.34. The van der Waals surface area contributed by atoms with E-state index in [1.165, 1.54) is 12.1 Å². The number of piperazine rings is 1. The average molecular weight is 492 g/mol. The van der Waals surface area contributed by atoms with Crippen LogP contribution in [0, 0.1) is 0 Å². The van der Waals surface area contributed by atoms with Gasteiger partial charge >= 0.3 is 6.18 Å². The number of para-hydroxylation sites is 1. The minimum Gasteiger partial charge on any atom is -0.368 e. The van der Waals surface area contributed by atoms with Gasteiger partial charge in [-0.25, -0.2) is 4.98 Å². The molecule has 5 rings (SSSR count). The Labute approximate surface area is 206 Å². The molecule has 1 saturated heterocycles. The first-order chi connectivity index (χ1) is 17.4. The second-order valence-electron chi connectivity index (χ2n) is 8.61. The number of amides is 1. The standard InChI is InChI=1S/C27H24F3N5O/c28-27(29,30)20-4-3-5-21(16-20)34-12-14-35(15-13-34)25-17-23(22-6-1-2-7-24(22)33-25)26(36)32-18-19-8-10-31-11-9-19/h1-11,16-17H,12-15,18H2,(H,32,36). The van der Waals surface area contributed by atoms with E-state index < -0.39 is 11.7 Å². The zero-order valence-electron chi connectivity index (χ0n) is 19.4. The van der Waals surface area contributed by atoms with Crippen LogP contribution in [0.1, 0.15) is 21.5 Å². The van der Waals surface area contributed by atoms with Gasteiger partial charge in [-0.05, 0) is 48.0 Å². The monoisotopic (exact) mass is 491 g/mol. The van der Waals surface area contributed by atoms with Gasteiger partial charge in [0.25, 0.3) is 5.91 Å². The van der Waals surface area contributed by atoms with Gasteiger partial charge in [0.15, 0.2) is 0 Å². The highest BCUT2D eigenvalue weighted by Crippen LogP contribution is 2.32. The summed E-state index contributed by atoms with van der Waals surface area (Å²) >= 11 is 0. The van der Waals surface area contributed by atoms with Crippen LogP contribution in [0.2, 0.25) is 0 Å². The number of hydrogen-bond donors (Lipinski definition) is 1. The predicted molar refractivity (Wildman–Crippen MR) is 133 cm³/mol. The maximum absolute atomic E-state index is 13.1. The van der Waals surface area contributed by atoms with E-state index in [0.29, 0.717) is 55.3 Å². The summed E-state index contributed by atoms with van der Waals surface area (Å²) in [5, 5.41) is 3.73. The molecule has 36 heavy (non-hydrogen) atoms. The van der Waals surface area contributed by atoms with Gasteiger partial charge in [-0.2, -0.15) is 13.2 Å². The number of nitrogens with one attached hydrogen (secondary N) is 1. The molecule has 2 aromatic carbocycles. The summed E-state index contributed by atoms with van der Waals surface area (Å²) in [6.07, 6.45) is -1.01. The number of aromatic nitrogens is 2. The molecule has 1 N–H and O–H groups in total. The van der Waals surface area contributed by atoms with Crippen molar-refractivity contribution < 1.29 is 18.0 Å². The summed E-state index contributed by atoms with van der Waals surface area (Å²) in [5.41, 5.74) is 2.09. The van der Waals surface area contributed by atoms with Gasteiger partial charge in [0.1, 0.15) is 5.82 Å². The number of hydrogen-bond acceptors (Lipinski definition) is 5. The number of benzene rings is 2. The van der Waals surface area contributed by atoms with Crippen molar-refractivity contribution in [1.82, 2.24) is 15.3 Å². The molecule has 1 aliphatic rings. The Bertz CT molecular complexity index is 1370. The molecular weight excluding hydrogens is 467 g/mol. The van der Waals surface area contributed by atoms with Crippen molar-refractivity contribution in [2.24, 2.45) is 0 Å². The highest BCUT2D eigenvalue weighted by atomic mass is 19.4. The van der Waals surface area contributed by atoms with Crippen LogP contribution in [-0.4, -0.2) is 42.1 Å². The molecule has 9 heteroatoms. The van der Waals surface area contributed by atoms with Crippen molar-refractivity contribution in [3.05, 3.63) is 95.8 Å². The fourth-order valence-corrected chi connectivity index (χ4v) is 4.36. The number of nitrogens with zero attached hydrogens (tertiary/aromatic N) is 4. The highest BCUT2D eigenvalue weighted by molar-refractivity contribution is 6.07. The smallest absolute Gasteiger partial charge is 0.368 e. The third-order valence-electron chi connectivity index (χ3n) is 6.29. The largest absolute Gasteiger partial charge is 0.416 e. The summed E-state index contributed by atoms with van der Waals surface area (Å²) in [4.78, 5) is 25.9. The van der Waals surface area contributed by atoms with Crippen molar-refractivity contribution in [1.29, 1.82) is 0 Å². The minimum absolute atomic E-state index is 0.200. The average Bonchev–Trinajstić information content (AvgIpc) is 2.91. The molecular formula is C27H24F3N5O. The number of anilines is 2. The fraction of sp³-hybridized carbons (Fsp3) is 0.222. The number of fused-ring (bicyclic) bond motifs is 1. The molecule has 0 atom stereocenters. The molecule has 0 aliphatic carbocycles. The SMILES string of the molecule is O=C(NCc1ccncc1)c1cc(N2CCN(c3cccc(C(F)(F)F)c3)CC2)nc2ccccc12. The lowest BCUT2D eigenvalue weighted by Crippen LogP contribution is -2.47. The lowest BCUT2D eigenvalue weighted by Gasteiger charge is -2.37. The van der Waals surface area contributed by atoms with E-state index in [2.05, 4.69) is 15.2 Å². The number of halogens is 3. The molecule has 0 spiro atoms. The van der Waals surface area contributed by atoms with Gasteiger partial charge in [0.05, 0.1) is 16.6 Å². The van der Waals surface area contributed by atoms with E-state index in [4.69, 9.17) is 4.98 Å². The lowest BCUT2D eigenvalue weighted by molar-refractivity contribution is -0.137.